The molecule has 0 unspecified atom stereocenters. The van der Waals surface area contributed by atoms with Crippen molar-refractivity contribution in [2.24, 2.45) is 4.99 Å². The number of hydrogen-bond acceptors (Lipinski definition) is 6. The number of guanidine groups is 1. The SMILES string of the molecule is CC(C)(C)OC(=O)NC1=N[C@@H]2[C@@H](CCCN2C(=O)OCc2ccccc2)N1. The maximum atomic E-state index is 12.5. The fourth-order valence-electron chi connectivity index (χ4n) is 3.10. The van der Waals surface area contributed by atoms with Crippen molar-refractivity contribution in [3.8, 4) is 0 Å². The Hall–Kier alpha value is -2.77. The highest BCUT2D eigenvalue weighted by Crippen LogP contribution is 2.23. The third-order valence-corrected chi connectivity index (χ3v) is 4.24. The number of fused-ring (bicyclic) bond motifs is 1. The van der Waals surface area contributed by atoms with Crippen molar-refractivity contribution in [3.63, 3.8) is 0 Å². The predicted octanol–water partition coefficient (Wildman–Crippen LogP) is 2.60. The molecular weight excluding hydrogens is 348 g/mol. The van der Waals surface area contributed by atoms with Gasteiger partial charge >= 0.3 is 12.2 Å². The molecule has 2 amide bonds. The summed E-state index contributed by atoms with van der Waals surface area (Å²) in [5, 5.41) is 5.76. The van der Waals surface area contributed by atoms with Crippen LogP contribution in [0.4, 0.5) is 9.59 Å². The predicted molar refractivity (Wildman–Crippen MR) is 100 cm³/mol. The van der Waals surface area contributed by atoms with Crippen LogP contribution in [-0.4, -0.2) is 47.4 Å². The molecule has 146 valence electrons. The van der Waals surface area contributed by atoms with Crippen molar-refractivity contribution in [1.29, 1.82) is 0 Å². The number of likely N-dealkylation sites (tertiary alicyclic amines) is 1. The van der Waals surface area contributed by atoms with E-state index in [2.05, 4.69) is 15.6 Å². The number of nitrogens with one attached hydrogen (secondary N) is 2. The summed E-state index contributed by atoms with van der Waals surface area (Å²) in [5.41, 5.74) is 0.336. The summed E-state index contributed by atoms with van der Waals surface area (Å²) in [6, 6.07) is 9.49. The molecule has 1 aromatic carbocycles. The van der Waals surface area contributed by atoms with E-state index in [4.69, 9.17) is 9.47 Å². The lowest BCUT2D eigenvalue weighted by molar-refractivity contribution is 0.0560. The first-order valence-electron chi connectivity index (χ1n) is 9.13. The number of benzene rings is 1. The van der Waals surface area contributed by atoms with E-state index in [0.29, 0.717) is 12.5 Å². The molecular formula is C19H26N4O4. The first-order valence-corrected chi connectivity index (χ1v) is 9.13. The van der Waals surface area contributed by atoms with Crippen molar-refractivity contribution in [2.45, 2.75) is 58.0 Å². The Morgan fingerprint density at radius 3 is 2.74 bits per heavy atom. The van der Waals surface area contributed by atoms with E-state index in [1.807, 2.05) is 30.3 Å². The molecule has 0 saturated carbocycles. The van der Waals surface area contributed by atoms with Gasteiger partial charge in [0, 0.05) is 6.54 Å². The van der Waals surface area contributed by atoms with Crippen LogP contribution in [0.2, 0.25) is 0 Å². The number of aliphatic imine (C=N–C) groups is 1. The Kier molecular flexibility index (Phi) is 5.53. The Balaban J connectivity index is 1.59. The minimum atomic E-state index is -0.594. The first kappa shape index (κ1) is 19.0. The molecule has 2 N–H and O–H groups in total. The fourth-order valence-corrected chi connectivity index (χ4v) is 3.10. The van der Waals surface area contributed by atoms with Crippen LogP contribution in [0, 0.1) is 0 Å². The molecule has 0 radical (unpaired) electrons. The average Bonchev–Trinajstić information content (AvgIpc) is 3.00. The maximum Gasteiger partial charge on any atom is 0.414 e. The molecule has 1 aromatic rings. The van der Waals surface area contributed by atoms with Gasteiger partial charge in [-0.15, -0.1) is 0 Å². The van der Waals surface area contributed by atoms with Gasteiger partial charge in [-0.25, -0.2) is 14.6 Å². The fraction of sp³-hybridized carbons (Fsp3) is 0.526. The summed E-state index contributed by atoms with van der Waals surface area (Å²) in [6.45, 7) is 6.16. The second-order valence-corrected chi connectivity index (χ2v) is 7.64. The highest BCUT2D eigenvalue weighted by Gasteiger charge is 2.40. The minimum Gasteiger partial charge on any atom is -0.444 e. The number of rotatable bonds is 2. The lowest BCUT2D eigenvalue weighted by atomic mass is 10.0. The van der Waals surface area contributed by atoms with Gasteiger partial charge in [0.2, 0.25) is 5.96 Å². The van der Waals surface area contributed by atoms with Gasteiger partial charge in [0.05, 0.1) is 6.04 Å². The normalized spacial score (nSPS) is 21.6. The van der Waals surface area contributed by atoms with Crippen molar-refractivity contribution >= 4 is 18.1 Å². The van der Waals surface area contributed by atoms with Crippen molar-refractivity contribution in [1.82, 2.24) is 15.5 Å². The van der Waals surface area contributed by atoms with Crippen LogP contribution in [0.1, 0.15) is 39.2 Å². The zero-order valence-electron chi connectivity index (χ0n) is 15.9. The van der Waals surface area contributed by atoms with Gasteiger partial charge in [-0.1, -0.05) is 30.3 Å². The second-order valence-electron chi connectivity index (χ2n) is 7.64. The highest BCUT2D eigenvalue weighted by molar-refractivity contribution is 5.95. The van der Waals surface area contributed by atoms with Crippen molar-refractivity contribution in [2.75, 3.05) is 6.54 Å². The van der Waals surface area contributed by atoms with Gasteiger partial charge in [0.25, 0.3) is 0 Å². The standard InChI is InChI=1S/C19H26N4O4/c1-19(2,3)27-17(24)22-16-20-14-10-7-11-23(15(14)21-16)18(25)26-12-13-8-5-4-6-9-13/h4-6,8-9,14-15H,7,10-12H2,1-3H3,(H2,20,21,22,24)/t14-,15+/m1/s1. The van der Waals surface area contributed by atoms with Gasteiger partial charge < -0.3 is 14.8 Å². The molecule has 2 heterocycles. The van der Waals surface area contributed by atoms with Crippen LogP contribution in [0.25, 0.3) is 0 Å². The number of carbonyl (C=O) groups is 2. The lowest BCUT2D eigenvalue weighted by Crippen LogP contribution is -2.52. The van der Waals surface area contributed by atoms with E-state index >= 15 is 0 Å². The maximum absolute atomic E-state index is 12.5. The van der Waals surface area contributed by atoms with Crippen LogP contribution in [0.5, 0.6) is 0 Å². The van der Waals surface area contributed by atoms with E-state index < -0.39 is 24.0 Å². The molecule has 1 fully saturated rings. The molecule has 8 nitrogen and oxygen atoms in total. The molecule has 2 aliphatic heterocycles. The number of piperidine rings is 1. The zero-order chi connectivity index (χ0) is 19.4. The van der Waals surface area contributed by atoms with Gasteiger partial charge in [0.1, 0.15) is 12.2 Å². The Morgan fingerprint density at radius 1 is 1.30 bits per heavy atom. The van der Waals surface area contributed by atoms with Crippen LogP contribution in [-0.2, 0) is 16.1 Å². The number of alkyl carbamates (subject to hydrolysis) is 1. The summed E-state index contributed by atoms with van der Waals surface area (Å²) < 4.78 is 10.7. The smallest absolute Gasteiger partial charge is 0.414 e. The Morgan fingerprint density at radius 2 is 2.04 bits per heavy atom. The van der Waals surface area contributed by atoms with E-state index in [0.717, 1.165) is 18.4 Å². The Labute approximate surface area is 158 Å². The van der Waals surface area contributed by atoms with Gasteiger partial charge in [0.15, 0.2) is 6.17 Å². The molecule has 3 rings (SSSR count). The molecule has 0 bridgehead atoms. The van der Waals surface area contributed by atoms with E-state index in [-0.39, 0.29) is 12.6 Å². The molecule has 1 saturated heterocycles. The molecule has 0 spiro atoms. The number of amides is 2. The number of nitrogens with zero attached hydrogens (tertiary/aromatic N) is 2. The highest BCUT2D eigenvalue weighted by atomic mass is 16.6. The van der Waals surface area contributed by atoms with Crippen LogP contribution >= 0.6 is 0 Å². The largest absolute Gasteiger partial charge is 0.444 e. The summed E-state index contributed by atoms with van der Waals surface area (Å²) in [7, 11) is 0. The van der Waals surface area contributed by atoms with Gasteiger partial charge in [-0.05, 0) is 39.2 Å². The van der Waals surface area contributed by atoms with Crippen LogP contribution < -0.4 is 10.6 Å². The monoisotopic (exact) mass is 374 g/mol. The Bertz CT molecular complexity index is 714. The van der Waals surface area contributed by atoms with Crippen LogP contribution in [0.3, 0.4) is 0 Å². The van der Waals surface area contributed by atoms with E-state index in [1.165, 1.54) is 0 Å². The minimum absolute atomic E-state index is 0.0482. The number of carbonyl (C=O) groups excluding carboxylic acids is 2. The van der Waals surface area contributed by atoms with E-state index in [9.17, 15) is 9.59 Å². The lowest BCUT2D eigenvalue weighted by Gasteiger charge is -2.34. The number of ether oxygens (including phenoxy) is 2. The van der Waals surface area contributed by atoms with Crippen molar-refractivity contribution in [3.05, 3.63) is 35.9 Å². The molecule has 0 aliphatic carbocycles. The van der Waals surface area contributed by atoms with E-state index in [1.54, 1.807) is 25.7 Å². The topological polar surface area (TPSA) is 92.3 Å². The van der Waals surface area contributed by atoms with Crippen LogP contribution in [0.15, 0.2) is 35.3 Å². The molecule has 8 heteroatoms. The second kappa shape index (κ2) is 7.85. The van der Waals surface area contributed by atoms with Gasteiger partial charge in [-0.3, -0.25) is 10.2 Å². The molecule has 2 atom stereocenters. The average molecular weight is 374 g/mol. The third-order valence-electron chi connectivity index (χ3n) is 4.24. The van der Waals surface area contributed by atoms with Crippen molar-refractivity contribution < 1.29 is 19.1 Å². The number of hydrogen-bond donors (Lipinski definition) is 2. The summed E-state index contributed by atoms with van der Waals surface area (Å²) in [4.78, 5) is 30.5. The summed E-state index contributed by atoms with van der Waals surface area (Å²) in [5.74, 6) is 0.321. The van der Waals surface area contributed by atoms with Gasteiger partial charge in [-0.2, -0.15) is 0 Å². The summed E-state index contributed by atoms with van der Waals surface area (Å²) >= 11 is 0. The zero-order valence-corrected chi connectivity index (χ0v) is 15.9. The molecule has 27 heavy (non-hydrogen) atoms. The first-order chi connectivity index (χ1) is 12.8. The third kappa shape index (κ3) is 5.12. The summed E-state index contributed by atoms with van der Waals surface area (Å²) in [6.07, 6.45) is 0.315. The molecule has 2 aliphatic rings. The quantitative estimate of drug-likeness (QED) is 0.830. The molecule has 0 aromatic heterocycles.